The van der Waals surface area contributed by atoms with E-state index in [0.717, 1.165) is 5.56 Å². The maximum Gasteiger partial charge on any atom is 0.243 e. The molecule has 146 valence electrons. The van der Waals surface area contributed by atoms with E-state index in [1.807, 2.05) is 20.8 Å². The molecule has 1 saturated heterocycles. The molecule has 0 spiro atoms. The van der Waals surface area contributed by atoms with Gasteiger partial charge >= 0.3 is 0 Å². The number of carbonyl (C=O) groups excluding carboxylic acids is 1. The van der Waals surface area contributed by atoms with Gasteiger partial charge in [-0.25, -0.2) is 8.42 Å². The van der Waals surface area contributed by atoms with Gasteiger partial charge in [-0.2, -0.15) is 4.31 Å². The van der Waals surface area contributed by atoms with Crippen molar-refractivity contribution in [1.82, 2.24) is 4.31 Å². The average Bonchev–Trinajstić information content (AvgIpc) is 2.61. The summed E-state index contributed by atoms with van der Waals surface area (Å²) in [5, 5.41) is 2.79. The molecule has 1 amide bonds. The number of carbonyl (C=O) groups is 1. The summed E-state index contributed by atoms with van der Waals surface area (Å²) in [5.41, 5.74) is 1.32. The van der Waals surface area contributed by atoms with Gasteiger partial charge in [-0.3, -0.25) is 4.79 Å². The number of nitrogens with one attached hydrogen (secondary N) is 1. The Morgan fingerprint density at radius 2 is 2.00 bits per heavy atom. The molecule has 1 aromatic carbocycles. The molecular formula is C18H28N2O5S. The van der Waals surface area contributed by atoms with E-state index < -0.39 is 10.0 Å². The molecule has 1 aliphatic heterocycles. The summed E-state index contributed by atoms with van der Waals surface area (Å²) < 4.78 is 37.5. The largest absolute Gasteiger partial charge is 0.381 e. The smallest absolute Gasteiger partial charge is 0.243 e. The minimum atomic E-state index is -3.59. The maximum absolute atomic E-state index is 12.7. The number of hydrogen-bond donors (Lipinski definition) is 1. The number of benzene rings is 1. The van der Waals surface area contributed by atoms with Gasteiger partial charge < -0.3 is 14.8 Å². The Bertz CT molecular complexity index is 712. The Hall–Kier alpha value is -1.48. The SMILES string of the molecule is Cc1ccc(S(=O)(=O)N2CCOCC2)cc1NC(=O)CCOCC(C)C. The quantitative estimate of drug-likeness (QED) is 0.693. The topological polar surface area (TPSA) is 84.9 Å². The summed E-state index contributed by atoms with van der Waals surface area (Å²) >= 11 is 0. The number of sulfonamides is 1. The second kappa shape index (κ2) is 9.45. The number of anilines is 1. The number of morpholine rings is 1. The molecule has 1 aromatic rings. The van der Waals surface area contributed by atoms with Crippen molar-refractivity contribution < 1.29 is 22.7 Å². The summed E-state index contributed by atoms with van der Waals surface area (Å²) in [6.45, 7) is 8.34. The molecule has 1 fully saturated rings. The molecule has 7 nitrogen and oxygen atoms in total. The lowest BCUT2D eigenvalue weighted by molar-refractivity contribution is -0.117. The number of amides is 1. The molecule has 0 bridgehead atoms. The zero-order valence-electron chi connectivity index (χ0n) is 15.7. The van der Waals surface area contributed by atoms with Crippen molar-refractivity contribution >= 4 is 21.6 Å². The molecule has 1 aliphatic rings. The lowest BCUT2D eigenvalue weighted by Crippen LogP contribution is -2.40. The maximum atomic E-state index is 12.7. The summed E-state index contributed by atoms with van der Waals surface area (Å²) in [6, 6.07) is 4.80. The fourth-order valence-corrected chi connectivity index (χ4v) is 3.96. The van der Waals surface area contributed by atoms with E-state index in [9.17, 15) is 13.2 Å². The fourth-order valence-electron chi connectivity index (χ4n) is 2.53. The van der Waals surface area contributed by atoms with Crippen LogP contribution in [0.3, 0.4) is 0 Å². The third-order valence-electron chi connectivity index (χ3n) is 4.02. The first kappa shape index (κ1) is 20.8. The zero-order valence-corrected chi connectivity index (χ0v) is 16.5. The van der Waals surface area contributed by atoms with Crippen LogP contribution in [0, 0.1) is 12.8 Å². The highest BCUT2D eigenvalue weighted by atomic mass is 32.2. The number of aryl methyl sites for hydroxylation is 1. The van der Waals surface area contributed by atoms with E-state index in [1.165, 1.54) is 10.4 Å². The van der Waals surface area contributed by atoms with Crippen LogP contribution in [0.4, 0.5) is 5.69 Å². The molecule has 2 rings (SSSR count). The van der Waals surface area contributed by atoms with Crippen LogP contribution in [-0.2, 0) is 24.3 Å². The molecule has 1 N–H and O–H groups in total. The predicted molar refractivity (Wildman–Crippen MR) is 99.7 cm³/mol. The summed E-state index contributed by atoms with van der Waals surface area (Å²) in [6.07, 6.45) is 0.229. The molecule has 0 aliphatic carbocycles. The van der Waals surface area contributed by atoms with Gasteiger partial charge in [0.05, 0.1) is 31.1 Å². The standard InChI is InChI=1S/C18H28N2O5S/c1-14(2)13-25-9-6-18(21)19-17-12-16(5-4-15(17)3)26(22,23)20-7-10-24-11-8-20/h4-5,12,14H,6-11,13H2,1-3H3,(H,19,21). The van der Waals surface area contributed by atoms with E-state index in [0.29, 0.717) is 51.1 Å². The van der Waals surface area contributed by atoms with E-state index in [-0.39, 0.29) is 17.2 Å². The third-order valence-corrected chi connectivity index (χ3v) is 5.91. The summed E-state index contributed by atoms with van der Waals surface area (Å²) in [7, 11) is -3.59. The Balaban J connectivity index is 2.03. The first-order valence-electron chi connectivity index (χ1n) is 8.87. The van der Waals surface area contributed by atoms with E-state index >= 15 is 0 Å². The number of hydrogen-bond acceptors (Lipinski definition) is 5. The van der Waals surface area contributed by atoms with E-state index in [2.05, 4.69) is 5.32 Å². The van der Waals surface area contributed by atoms with Crippen molar-refractivity contribution in [3.63, 3.8) is 0 Å². The van der Waals surface area contributed by atoms with Gasteiger partial charge in [0.25, 0.3) is 0 Å². The molecule has 1 heterocycles. The first-order valence-corrected chi connectivity index (χ1v) is 10.3. The molecule has 0 saturated carbocycles. The molecule has 0 unspecified atom stereocenters. The van der Waals surface area contributed by atoms with Crippen molar-refractivity contribution in [3.8, 4) is 0 Å². The van der Waals surface area contributed by atoms with E-state index in [1.54, 1.807) is 12.1 Å². The van der Waals surface area contributed by atoms with Crippen LogP contribution in [0.5, 0.6) is 0 Å². The average molecular weight is 384 g/mol. The number of ether oxygens (including phenoxy) is 2. The van der Waals surface area contributed by atoms with Gasteiger partial charge in [-0.1, -0.05) is 19.9 Å². The lowest BCUT2D eigenvalue weighted by Gasteiger charge is -2.26. The summed E-state index contributed by atoms with van der Waals surface area (Å²) in [5.74, 6) is 0.222. The van der Waals surface area contributed by atoms with Crippen molar-refractivity contribution in [2.45, 2.75) is 32.1 Å². The van der Waals surface area contributed by atoms with Crippen LogP contribution in [-0.4, -0.2) is 58.1 Å². The Morgan fingerprint density at radius 3 is 2.65 bits per heavy atom. The Morgan fingerprint density at radius 1 is 1.31 bits per heavy atom. The molecule has 0 aromatic heterocycles. The second-order valence-corrected chi connectivity index (χ2v) is 8.70. The van der Waals surface area contributed by atoms with Gasteiger partial charge in [-0.15, -0.1) is 0 Å². The summed E-state index contributed by atoms with van der Waals surface area (Å²) in [4.78, 5) is 12.3. The van der Waals surface area contributed by atoms with Gasteiger partial charge in [-0.05, 0) is 30.5 Å². The highest BCUT2D eigenvalue weighted by molar-refractivity contribution is 7.89. The van der Waals surface area contributed by atoms with Crippen molar-refractivity contribution in [2.24, 2.45) is 5.92 Å². The van der Waals surface area contributed by atoms with Gasteiger partial charge in [0, 0.05) is 25.4 Å². The van der Waals surface area contributed by atoms with Crippen LogP contribution in [0.2, 0.25) is 0 Å². The Labute approximate surface area is 155 Å². The minimum absolute atomic E-state index is 0.177. The number of nitrogens with zero attached hydrogens (tertiary/aromatic N) is 1. The van der Waals surface area contributed by atoms with Crippen LogP contribution in [0.15, 0.2) is 23.1 Å². The van der Waals surface area contributed by atoms with Crippen LogP contribution in [0.25, 0.3) is 0 Å². The van der Waals surface area contributed by atoms with Gasteiger partial charge in [0.2, 0.25) is 15.9 Å². The highest BCUT2D eigenvalue weighted by Gasteiger charge is 2.26. The van der Waals surface area contributed by atoms with Crippen molar-refractivity contribution in [1.29, 1.82) is 0 Å². The normalized spacial score (nSPS) is 16.0. The monoisotopic (exact) mass is 384 g/mol. The second-order valence-electron chi connectivity index (χ2n) is 6.76. The Kier molecular flexibility index (Phi) is 7.57. The van der Waals surface area contributed by atoms with Gasteiger partial charge in [0.1, 0.15) is 0 Å². The van der Waals surface area contributed by atoms with Crippen molar-refractivity contribution in [3.05, 3.63) is 23.8 Å². The minimum Gasteiger partial charge on any atom is -0.381 e. The molecular weight excluding hydrogens is 356 g/mol. The predicted octanol–water partition coefficient (Wildman–Crippen LogP) is 2.02. The van der Waals surface area contributed by atoms with Crippen LogP contribution >= 0.6 is 0 Å². The molecule has 0 radical (unpaired) electrons. The van der Waals surface area contributed by atoms with Crippen LogP contribution < -0.4 is 5.32 Å². The molecule has 26 heavy (non-hydrogen) atoms. The van der Waals surface area contributed by atoms with Crippen LogP contribution in [0.1, 0.15) is 25.8 Å². The lowest BCUT2D eigenvalue weighted by atomic mass is 10.2. The van der Waals surface area contributed by atoms with Crippen molar-refractivity contribution in [2.75, 3.05) is 44.8 Å². The van der Waals surface area contributed by atoms with Gasteiger partial charge in [0.15, 0.2) is 0 Å². The highest BCUT2D eigenvalue weighted by Crippen LogP contribution is 2.23. The first-order chi connectivity index (χ1) is 12.3. The molecule has 8 heteroatoms. The molecule has 0 atom stereocenters. The fraction of sp³-hybridized carbons (Fsp3) is 0.611. The number of rotatable bonds is 8. The third kappa shape index (κ3) is 5.77. The zero-order chi connectivity index (χ0) is 19.2. The van der Waals surface area contributed by atoms with E-state index in [4.69, 9.17) is 9.47 Å².